The van der Waals surface area contributed by atoms with Crippen molar-refractivity contribution in [1.82, 2.24) is 20.1 Å². The highest BCUT2D eigenvalue weighted by Gasteiger charge is 2.23. The fourth-order valence-electron chi connectivity index (χ4n) is 2.17. The van der Waals surface area contributed by atoms with Gasteiger partial charge in [0.05, 0.1) is 11.6 Å². The fraction of sp³-hybridized carbons (Fsp3) is 0.400. The number of aryl methyl sites for hydroxylation is 1. The Bertz CT molecular complexity index is 624. The van der Waals surface area contributed by atoms with Crippen LogP contribution in [0.15, 0.2) is 35.5 Å². The summed E-state index contributed by atoms with van der Waals surface area (Å²) in [5, 5.41) is 7.16. The molecule has 1 aromatic heterocycles. The van der Waals surface area contributed by atoms with Crippen molar-refractivity contribution < 1.29 is 4.79 Å². The summed E-state index contributed by atoms with van der Waals surface area (Å²) in [4.78, 5) is 17.8. The minimum atomic E-state index is -0.167. The molecule has 6 heteroatoms. The molecule has 0 fully saturated rings. The summed E-state index contributed by atoms with van der Waals surface area (Å²) >= 11 is 1.57. The first kappa shape index (κ1) is 15.6. The van der Waals surface area contributed by atoms with Gasteiger partial charge in [-0.05, 0) is 24.3 Å². The summed E-state index contributed by atoms with van der Waals surface area (Å²) < 4.78 is 1.70. The second-order valence-electron chi connectivity index (χ2n) is 5.14. The highest BCUT2D eigenvalue weighted by Crippen LogP contribution is 2.23. The Kier molecular flexibility index (Phi) is 5.01. The first-order valence-electron chi connectivity index (χ1n) is 6.82. The molecule has 0 aliphatic carbocycles. The third kappa shape index (κ3) is 3.44. The topological polar surface area (TPSA) is 59.8 Å². The molecule has 112 valence electrons. The van der Waals surface area contributed by atoms with Crippen molar-refractivity contribution in [3.8, 4) is 0 Å². The Balaban J connectivity index is 2.25. The number of carbonyl (C=O) groups is 1. The first-order chi connectivity index (χ1) is 10.0. The Morgan fingerprint density at radius 1 is 1.33 bits per heavy atom. The van der Waals surface area contributed by atoms with Crippen LogP contribution in [0.3, 0.4) is 0 Å². The summed E-state index contributed by atoms with van der Waals surface area (Å²) in [6.45, 7) is 4.11. The summed E-state index contributed by atoms with van der Waals surface area (Å²) in [5.74, 6) is 0.903. The predicted octanol–water partition coefficient (Wildman–Crippen LogP) is 2.66. The van der Waals surface area contributed by atoms with Crippen molar-refractivity contribution >= 4 is 17.7 Å². The molecule has 0 aliphatic rings. The van der Waals surface area contributed by atoms with Crippen molar-refractivity contribution in [2.45, 2.75) is 24.8 Å². The van der Waals surface area contributed by atoms with Crippen molar-refractivity contribution in [1.29, 1.82) is 0 Å². The van der Waals surface area contributed by atoms with Crippen LogP contribution in [-0.4, -0.2) is 26.9 Å². The largest absolute Gasteiger partial charge is 0.342 e. The highest BCUT2D eigenvalue weighted by atomic mass is 32.2. The summed E-state index contributed by atoms with van der Waals surface area (Å²) in [5.41, 5.74) is 0.692. The second-order valence-corrected chi connectivity index (χ2v) is 5.99. The molecule has 1 unspecified atom stereocenters. The van der Waals surface area contributed by atoms with Gasteiger partial charge in [-0.25, -0.2) is 4.98 Å². The fourth-order valence-corrected chi connectivity index (χ4v) is 2.76. The Hall–Kier alpha value is -1.82. The van der Waals surface area contributed by atoms with Gasteiger partial charge in [-0.3, -0.25) is 9.48 Å². The Morgan fingerprint density at radius 3 is 2.62 bits per heavy atom. The van der Waals surface area contributed by atoms with E-state index in [9.17, 15) is 4.79 Å². The summed E-state index contributed by atoms with van der Waals surface area (Å²) in [7, 11) is 1.83. The number of benzene rings is 1. The molecule has 0 saturated heterocycles. The van der Waals surface area contributed by atoms with Gasteiger partial charge in [-0.1, -0.05) is 26.0 Å². The third-order valence-corrected chi connectivity index (χ3v) is 4.13. The van der Waals surface area contributed by atoms with Crippen LogP contribution in [0.4, 0.5) is 0 Å². The molecule has 5 nitrogen and oxygen atoms in total. The van der Waals surface area contributed by atoms with E-state index in [1.807, 2.05) is 37.6 Å². The van der Waals surface area contributed by atoms with E-state index in [2.05, 4.69) is 29.2 Å². The number of hydrogen-bond donors (Lipinski definition) is 1. The Labute approximate surface area is 129 Å². The molecule has 21 heavy (non-hydrogen) atoms. The molecule has 0 bridgehead atoms. The number of amides is 1. The van der Waals surface area contributed by atoms with Gasteiger partial charge in [-0.2, -0.15) is 5.10 Å². The zero-order valence-electron chi connectivity index (χ0n) is 12.7. The van der Waals surface area contributed by atoms with E-state index in [4.69, 9.17) is 0 Å². The van der Waals surface area contributed by atoms with Gasteiger partial charge in [0.15, 0.2) is 0 Å². The minimum absolute atomic E-state index is 0.0818. The molecule has 0 spiro atoms. The highest BCUT2D eigenvalue weighted by molar-refractivity contribution is 7.98. The van der Waals surface area contributed by atoms with Crippen LogP contribution in [0.25, 0.3) is 0 Å². The number of aromatic nitrogens is 3. The van der Waals surface area contributed by atoms with E-state index in [0.29, 0.717) is 5.56 Å². The normalized spacial score (nSPS) is 12.4. The van der Waals surface area contributed by atoms with Gasteiger partial charge in [0.1, 0.15) is 12.2 Å². The smallest absolute Gasteiger partial charge is 0.253 e. The zero-order chi connectivity index (χ0) is 15.4. The maximum atomic E-state index is 12.6. The first-order valence-corrected chi connectivity index (χ1v) is 8.04. The lowest BCUT2D eigenvalue weighted by molar-refractivity contribution is 0.0919. The molecule has 0 aliphatic heterocycles. The predicted molar refractivity (Wildman–Crippen MR) is 84.3 cm³/mol. The quantitative estimate of drug-likeness (QED) is 0.863. The molecule has 1 heterocycles. The van der Waals surface area contributed by atoms with Gasteiger partial charge in [0.25, 0.3) is 5.91 Å². The van der Waals surface area contributed by atoms with Crippen LogP contribution in [0.5, 0.6) is 0 Å². The number of carbonyl (C=O) groups excluding carboxylic acids is 1. The third-order valence-electron chi connectivity index (χ3n) is 3.33. The molecular weight excluding hydrogens is 284 g/mol. The van der Waals surface area contributed by atoms with Gasteiger partial charge in [0, 0.05) is 11.9 Å². The lowest BCUT2D eigenvalue weighted by Crippen LogP contribution is -2.33. The van der Waals surface area contributed by atoms with Crippen molar-refractivity contribution in [2.24, 2.45) is 13.0 Å². The number of hydrogen-bond acceptors (Lipinski definition) is 4. The maximum absolute atomic E-state index is 12.6. The number of nitrogens with zero attached hydrogens (tertiary/aromatic N) is 3. The van der Waals surface area contributed by atoms with Crippen LogP contribution < -0.4 is 5.32 Å². The number of rotatable bonds is 5. The molecule has 0 saturated carbocycles. The summed E-state index contributed by atoms with van der Waals surface area (Å²) in [6.07, 6.45) is 3.47. The van der Waals surface area contributed by atoms with Crippen LogP contribution in [0.2, 0.25) is 0 Å². The van der Waals surface area contributed by atoms with Gasteiger partial charge >= 0.3 is 0 Å². The van der Waals surface area contributed by atoms with Crippen LogP contribution in [0.1, 0.15) is 36.1 Å². The average Bonchev–Trinajstić information content (AvgIpc) is 2.90. The van der Waals surface area contributed by atoms with E-state index in [1.165, 1.54) is 6.33 Å². The van der Waals surface area contributed by atoms with Crippen molar-refractivity contribution in [3.63, 3.8) is 0 Å². The van der Waals surface area contributed by atoms with E-state index in [0.717, 1.165) is 10.7 Å². The molecular formula is C15H20N4OS. The van der Waals surface area contributed by atoms with Crippen molar-refractivity contribution in [3.05, 3.63) is 42.0 Å². The maximum Gasteiger partial charge on any atom is 0.253 e. The van der Waals surface area contributed by atoms with Crippen LogP contribution in [-0.2, 0) is 7.05 Å². The molecule has 2 aromatic rings. The molecule has 1 aromatic carbocycles. The number of nitrogens with one attached hydrogen (secondary N) is 1. The summed E-state index contributed by atoms with van der Waals surface area (Å²) in [6, 6.07) is 7.44. The van der Waals surface area contributed by atoms with E-state index >= 15 is 0 Å². The van der Waals surface area contributed by atoms with E-state index in [1.54, 1.807) is 16.4 Å². The van der Waals surface area contributed by atoms with E-state index in [-0.39, 0.29) is 17.9 Å². The molecule has 0 radical (unpaired) electrons. The zero-order valence-corrected chi connectivity index (χ0v) is 13.5. The van der Waals surface area contributed by atoms with Crippen molar-refractivity contribution in [2.75, 3.05) is 6.26 Å². The second kappa shape index (κ2) is 6.76. The lowest BCUT2D eigenvalue weighted by atomic mass is 10.0. The SMILES string of the molecule is CSc1ccccc1C(=O)NC(c1ncnn1C)C(C)C. The Morgan fingerprint density at radius 2 is 2.05 bits per heavy atom. The molecule has 1 amide bonds. The van der Waals surface area contributed by atoms with Crippen LogP contribution >= 0.6 is 11.8 Å². The molecule has 1 N–H and O–H groups in total. The standard InChI is InChI=1S/C15H20N4OS/c1-10(2)13(14-16-9-17-19(14)3)18-15(20)11-7-5-6-8-12(11)21-4/h5-10,13H,1-4H3,(H,18,20). The molecule has 1 atom stereocenters. The van der Waals surface area contributed by atoms with Gasteiger partial charge in [-0.15, -0.1) is 11.8 Å². The van der Waals surface area contributed by atoms with E-state index < -0.39 is 0 Å². The average molecular weight is 304 g/mol. The van der Waals surface area contributed by atoms with Gasteiger partial charge in [0.2, 0.25) is 0 Å². The minimum Gasteiger partial charge on any atom is -0.342 e. The molecule has 2 rings (SSSR count). The number of thioether (sulfide) groups is 1. The van der Waals surface area contributed by atoms with Gasteiger partial charge < -0.3 is 5.32 Å². The lowest BCUT2D eigenvalue weighted by Gasteiger charge is -2.22. The van der Waals surface area contributed by atoms with Crippen LogP contribution in [0, 0.1) is 5.92 Å². The monoisotopic (exact) mass is 304 g/mol.